The third-order valence-corrected chi connectivity index (χ3v) is 3.86. The van der Waals surface area contributed by atoms with E-state index in [0.717, 1.165) is 30.9 Å². The number of benzene rings is 2. The van der Waals surface area contributed by atoms with E-state index in [1.54, 1.807) is 14.2 Å². The molecule has 0 saturated carbocycles. The van der Waals surface area contributed by atoms with Crippen LogP contribution in [0.15, 0.2) is 48.5 Å². The van der Waals surface area contributed by atoms with E-state index in [9.17, 15) is 0 Å². The quantitative estimate of drug-likeness (QED) is 0.748. The van der Waals surface area contributed by atoms with Gasteiger partial charge in [0, 0.05) is 6.04 Å². The van der Waals surface area contributed by atoms with Crippen molar-refractivity contribution in [1.29, 1.82) is 0 Å². The predicted molar refractivity (Wildman–Crippen MR) is 90.7 cm³/mol. The second-order valence-corrected chi connectivity index (χ2v) is 5.37. The van der Waals surface area contributed by atoms with Crippen molar-refractivity contribution in [1.82, 2.24) is 5.32 Å². The molecule has 0 aliphatic rings. The van der Waals surface area contributed by atoms with E-state index in [-0.39, 0.29) is 0 Å². The van der Waals surface area contributed by atoms with Crippen molar-refractivity contribution in [3.63, 3.8) is 0 Å². The molecule has 3 nitrogen and oxygen atoms in total. The molecule has 0 heterocycles. The number of hydrogen-bond donors (Lipinski definition) is 1. The van der Waals surface area contributed by atoms with Gasteiger partial charge in [0.25, 0.3) is 0 Å². The summed E-state index contributed by atoms with van der Waals surface area (Å²) in [7, 11) is 3.42. The molecule has 118 valence electrons. The number of para-hydroxylation sites is 1. The Labute approximate surface area is 133 Å². The number of hydrogen-bond acceptors (Lipinski definition) is 3. The summed E-state index contributed by atoms with van der Waals surface area (Å²) in [5.41, 5.74) is 2.51. The Hall–Kier alpha value is -2.00. The Bertz CT molecular complexity index is 583. The number of aryl methyl sites for hydroxylation is 1. The first-order valence-corrected chi connectivity index (χ1v) is 7.74. The number of methoxy groups -OCH3 is 2. The van der Waals surface area contributed by atoms with Crippen LogP contribution in [0.4, 0.5) is 0 Å². The molecule has 0 bridgehead atoms. The van der Waals surface area contributed by atoms with Gasteiger partial charge in [0.05, 0.1) is 14.2 Å². The summed E-state index contributed by atoms with van der Waals surface area (Å²) < 4.78 is 10.7. The Morgan fingerprint density at radius 3 is 2.59 bits per heavy atom. The first-order valence-electron chi connectivity index (χ1n) is 7.74. The Kier molecular flexibility index (Phi) is 6.28. The van der Waals surface area contributed by atoms with Crippen molar-refractivity contribution in [3.8, 4) is 11.5 Å². The lowest BCUT2D eigenvalue weighted by atomic mass is 10.1. The van der Waals surface area contributed by atoms with E-state index in [2.05, 4.69) is 36.5 Å². The van der Waals surface area contributed by atoms with Crippen molar-refractivity contribution >= 4 is 0 Å². The molecule has 2 rings (SSSR count). The molecule has 0 aromatic heterocycles. The standard InChI is InChI=1S/C19H25NO2/c1-15(17-9-6-11-18(14-17)21-2)20-13-7-10-16-8-4-5-12-19(16)22-3/h4-6,8-9,11-12,14-15,20H,7,10,13H2,1-3H3. The van der Waals surface area contributed by atoms with Crippen LogP contribution in [-0.2, 0) is 6.42 Å². The van der Waals surface area contributed by atoms with Gasteiger partial charge in [0.1, 0.15) is 11.5 Å². The molecule has 0 spiro atoms. The van der Waals surface area contributed by atoms with Crippen LogP contribution >= 0.6 is 0 Å². The van der Waals surface area contributed by atoms with E-state index in [1.165, 1.54) is 11.1 Å². The SMILES string of the molecule is COc1cccc(C(C)NCCCc2ccccc2OC)c1. The normalized spacial score (nSPS) is 12.0. The molecule has 1 N–H and O–H groups in total. The summed E-state index contributed by atoms with van der Waals surface area (Å²) in [4.78, 5) is 0. The minimum absolute atomic E-state index is 0.313. The molecular formula is C19H25NO2. The minimum Gasteiger partial charge on any atom is -0.497 e. The van der Waals surface area contributed by atoms with E-state index in [1.807, 2.05) is 24.3 Å². The maximum atomic E-state index is 5.38. The average Bonchev–Trinajstić information content (AvgIpc) is 2.58. The summed E-state index contributed by atoms with van der Waals surface area (Å²) in [6.45, 7) is 3.15. The largest absolute Gasteiger partial charge is 0.497 e. The van der Waals surface area contributed by atoms with Crippen LogP contribution in [0, 0.1) is 0 Å². The summed E-state index contributed by atoms with van der Waals surface area (Å²) in [6.07, 6.45) is 2.09. The van der Waals surface area contributed by atoms with Crippen LogP contribution in [0.5, 0.6) is 11.5 Å². The molecule has 0 aliphatic heterocycles. The fourth-order valence-electron chi connectivity index (χ4n) is 2.54. The highest BCUT2D eigenvalue weighted by atomic mass is 16.5. The first kappa shape index (κ1) is 16.4. The van der Waals surface area contributed by atoms with Gasteiger partial charge in [-0.2, -0.15) is 0 Å². The van der Waals surface area contributed by atoms with Gasteiger partial charge in [-0.25, -0.2) is 0 Å². The van der Waals surface area contributed by atoms with Crippen LogP contribution in [0.1, 0.15) is 30.5 Å². The van der Waals surface area contributed by atoms with Gasteiger partial charge < -0.3 is 14.8 Å². The topological polar surface area (TPSA) is 30.5 Å². The summed E-state index contributed by atoms with van der Waals surface area (Å²) in [5.74, 6) is 1.88. The van der Waals surface area contributed by atoms with Gasteiger partial charge in [0.15, 0.2) is 0 Å². The highest BCUT2D eigenvalue weighted by Crippen LogP contribution is 2.20. The monoisotopic (exact) mass is 299 g/mol. The maximum Gasteiger partial charge on any atom is 0.122 e. The Morgan fingerprint density at radius 2 is 1.82 bits per heavy atom. The van der Waals surface area contributed by atoms with Crippen LogP contribution in [0.2, 0.25) is 0 Å². The first-order chi connectivity index (χ1) is 10.7. The molecule has 0 radical (unpaired) electrons. The molecule has 0 saturated heterocycles. The van der Waals surface area contributed by atoms with Gasteiger partial charge in [-0.05, 0) is 55.6 Å². The van der Waals surface area contributed by atoms with Gasteiger partial charge >= 0.3 is 0 Å². The van der Waals surface area contributed by atoms with Gasteiger partial charge in [-0.3, -0.25) is 0 Å². The molecule has 0 aliphatic carbocycles. The van der Waals surface area contributed by atoms with Crippen LogP contribution in [0.3, 0.4) is 0 Å². The molecule has 0 fully saturated rings. The van der Waals surface area contributed by atoms with Crippen molar-refractivity contribution in [2.75, 3.05) is 20.8 Å². The third kappa shape index (κ3) is 4.50. The van der Waals surface area contributed by atoms with Crippen LogP contribution < -0.4 is 14.8 Å². The van der Waals surface area contributed by atoms with E-state index in [0.29, 0.717) is 6.04 Å². The summed E-state index contributed by atoms with van der Waals surface area (Å²) >= 11 is 0. The van der Waals surface area contributed by atoms with E-state index < -0.39 is 0 Å². The smallest absolute Gasteiger partial charge is 0.122 e. The van der Waals surface area contributed by atoms with Crippen molar-refractivity contribution in [2.24, 2.45) is 0 Å². The Balaban J connectivity index is 1.80. The predicted octanol–water partition coefficient (Wildman–Crippen LogP) is 3.99. The lowest BCUT2D eigenvalue weighted by molar-refractivity contribution is 0.408. The average molecular weight is 299 g/mol. The molecule has 2 aromatic carbocycles. The van der Waals surface area contributed by atoms with Crippen molar-refractivity contribution in [2.45, 2.75) is 25.8 Å². The Morgan fingerprint density at radius 1 is 1.00 bits per heavy atom. The van der Waals surface area contributed by atoms with Gasteiger partial charge in [-0.15, -0.1) is 0 Å². The zero-order chi connectivity index (χ0) is 15.8. The highest BCUT2D eigenvalue weighted by Gasteiger charge is 2.06. The molecule has 3 heteroatoms. The number of rotatable bonds is 8. The highest BCUT2D eigenvalue weighted by molar-refractivity contribution is 5.33. The summed E-state index contributed by atoms with van der Waals surface area (Å²) in [5, 5.41) is 3.56. The molecule has 2 aromatic rings. The third-order valence-electron chi connectivity index (χ3n) is 3.86. The van der Waals surface area contributed by atoms with Crippen LogP contribution in [0.25, 0.3) is 0 Å². The molecule has 22 heavy (non-hydrogen) atoms. The number of nitrogens with one attached hydrogen (secondary N) is 1. The fourth-order valence-corrected chi connectivity index (χ4v) is 2.54. The molecule has 1 atom stereocenters. The molecule has 1 unspecified atom stereocenters. The lowest BCUT2D eigenvalue weighted by Gasteiger charge is -2.15. The van der Waals surface area contributed by atoms with Crippen molar-refractivity contribution in [3.05, 3.63) is 59.7 Å². The van der Waals surface area contributed by atoms with E-state index >= 15 is 0 Å². The maximum absolute atomic E-state index is 5.38. The molecule has 0 amide bonds. The fraction of sp³-hybridized carbons (Fsp3) is 0.368. The molecular weight excluding hydrogens is 274 g/mol. The van der Waals surface area contributed by atoms with Gasteiger partial charge in [-0.1, -0.05) is 30.3 Å². The number of ether oxygens (including phenoxy) is 2. The lowest BCUT2D eigenvalue weighted by Crippen LogP contribution is -2.20. The summed E-state index contributed by atoms with van der Waals surface area (Å²) in [6, 6.07) is 16.7. The van der Waals surface area contributed by atoms with Gasteiger partial charge in [0.2, 0.25) is 0 Å². The second-order valence-electron chi connectivity index (χ2n) is 5.37. The minimum atomic E-state index is 0.313. The zero-order valence-electron chi connectivity index (χ0n) is 13.6. The van der Waals surface area contributed by atoms with Crippen molar-refractivity contribution < 1.29 is 9.47 Å². The zero-order valence-corrected chi connectivity index (χ0v) is 13.6. The van der Waals surface area contributed by atoms with E-state index in [4.69, 9.17) is 9.47 Å². The van der Waals surface area contributed by atoms with Crippen LogP contribution in [-0.4, -0.2) is 20.8 Å². The second kappa shape index (κ2) is 8.44.